The molecule has 1 aromatic heterocycles. The molecule has 1 fully saturated rings. The molecule has 27 heavy (non-hydrogen) atoms. The Balaban J connectivity index is 1.85. The first-order chi connectivity index (χ1) is 13.1. The van der Waals surface area contributed by atoms with Crippen LogP contribution in [0.15, 0.2) is 18.2 Å². The lowest BCUT2D eigenvalue weighted by atomic mass is 9.75. The number of likely N-dealkylation sites (N-methyl/N-ethyl adjacent to an activating group) is 1. The molecule has 4 rings (SSSR count). The van der Waals surface area contributed by atoms with Gasteiger partial charge in [-0.15, -0.1) is 0 Å². The second kappa shape index (κ2) is 7.00. The molecule has 2 aromatic rings. The van der Waals surface area contributed by atoms with E-state index in [1.165, 1.54) is 18.4 Å². The number of fused-ring (bicyclic) bond motifs is 2. The third-order valence-electron chi connectivity index (χ3n) is 6.41. The highest BCUT2D eigenvalue weighted by Gasteiger charge is 2.38. The maximum Gasteiger partial charge on any atom is 0.336 e. The molecule has 1 aromatic carbocycles. The van der Waals surface area contributed by atoms with E-state index in [-0.39, 0.29) is 6.03 Å². The molecule has 1 saturated heterocycles. The fourth-order valence-electron chi connectivity index (χ4n) is 5.00. The number of nitrogens with zero attached hydrogens (tertiary/aromatic N) is 3. The van der Waals surface area contributed by atoms with Crippen molar-refractivity contribution in [2.45, 2.75) is 45.1 Å². The van der Waals surface area contributed by atoms with Crippen LogP contribution >= 0.6 is 0 Å². The number of hydrogen-bond acceptors (Lipinski definition) is 3. The van der Waals surface area contributed by atoms with E-state index >= 15 is 0 Å². The average Bonchev–Trinajstić information content (AvgIpc) is 2.98. The number of amides is 2. The first kappa shape index (κ1) is 18.0. The summed E-state index contributed by atoms with van der Waals surface area (Å²) >= 11 is 0. The lowest BCUT2D eigenvalue weighted by Gasteiger charge is -2.42. The Labute approximate surface area is 160 Å². The smallest absolute Gasteiger partial charge is 0.324 e. The van der Waals surface area contributed by atoms with Gasteiger partial charge in [0.15, 0.2) is 6.29 Å². The molecule has 144 valence electrons. The van der Waals surface area contributed by atoms with Gasteiger partial charge in [0.1, 0.15) is 5.69 Å². The quantitative estimate of drug-likeness (QED) is 0.843. The van der Waals surface area contributed by atoms with Gasteiger partial charge in [0, 0.05) is 30.4 Å². The molecule has 0 radical (unpaired) electrons. The number of rotatable bonds is 4. The molecule has 2 heterocycles. The number of benzene rings is 1. The molecule has 2 atom stereocenters. The van der Waals surface area contributed by atoms with Gasteiger partial charge in [0.25, 0.3) is 0 Å². The van der Waals surface area contributed by atoms with Crippen LogP contribution in [0.3, 0.4) is 0 Å². The molecule has 1 N–H and O–H groups in total. The molecule has 0 spiro atoms. The van der Waals surface area contributed by atoms with Gasteiger partial charge in [-0.1, -0.05) is 12.1 Å². The summed E-state index contributed by atoms with van der Waals surface area (Å²) in [5, 5.41) is 1.16. The largest absolute Gasteiger partial charge is 0.336 e. The number of likely N-dealkylation sites (tertiary alicyclic amines) is 1. The monoisotopic (exact) mass is 368 g/mol. The minimum atomic E-state index is -0.175. The highest BCUT2D eigenvalue weighted by atomic mass is 16.2. The zero-order valence-corrected chi connectivity index (χ0v) is 16.4. The van der Waals surface area contributed by atoms with E-state index in [4.69, 9.17) is 0 Å². The van der Waals surface area contributed by atoms with Gasteiger partial charge >= 0.3 is 6.03 Å². The number of hydrogen-bond donors (Lipinski definition) is 1. The van der Waals surface area contributed by atoms with Crippen molar-refractivity contribution >= 4 is 23.2 Å². The van der Waals surface area contributed by atoms with Crippen LogP contribution in [-0.2, 0) is 6.42 Å². The Morgan fingerprint density at radius 2 is 2.11 bits per heavy atom. The zero-order valence-electron chi connectivity index (χ0n) is 16.4. The van der Waals surface area contributed by atoms with Crippen LogP contribution in [0.25, 0.3) is 10.9 Å². The SMILES string of the molecule is CCN(CC)C(=O)Nn1c(C=O)c2c3c(cccc31)[C@H]1CCCN(C)[C@@H]1C2. The predicted molar refractivity (Wildman–Crippen MR) is 107 cm³/mol. The molecule has 0 unspecified atom stereocenters. The third-order valence-corrected chi connectivity index (χ3v) is 6.41. The van der Waals surface area contributed by atoms with Crippen molar-refractivity contribution in [1.82, 2.24) is 14.5 Å². The standard InChI is InChI=1S/C21H28N4O2/c1-4-24(5-2)21(27)22-25-17-10-6-8-15-14-9-7-11-23(3)18(14)12-16(20(15)17)19(25)13-26/h6,8,10,13-14,18H,4-5,7,9,11-12H2,1-3H3,(H,22,27)/t14-,18-/m1/s1. The maximum atomic E-state index is 12.7. The lowest BCUT2D eigenvalue weighted by molar-refractivity contribution is 0.111. The Hall–Kier alpha value is -2.34. The van der Waals surface area contributed by atoms with Gasteiger partial charge in [-0.05, 0) is 63.9 Å². The van der Waals surface area contributed by atoms with Crippen LogP contribution in [0.4, 0.5) is 4.79 Å². The summed E-state index contributed by atoms with van der Waals surface area (Å²) in [6.45, 7) is 6.27. The molecule has 0 saturated carbocycles. The van der Waals surface area contributed by atoms with Crippen molar-refractivity contribution in [3.8, 4) is 0 Å². The Morgan fingerprint density at radius 1 is 1.33 bits per heavy atom. The van der Waals surface area contributed by atoms with Crippen LogP contribution in [0.5, 0.6) is 0 Å². The third kappa shape index (κ3) is 2.74. The van der Waals surface area contributed by atoms with Crippen molar-refractivity contribution < 1.29 is 9.59 Å². The summed E-state index contributed by atoms with van der Waals surface area (Å²) in [5.41, 5.74) is 6.87. The molecular formula is C21H28N4O2. The van der Waals surface area contributed by atoms with Gasteiger partial charge in [-0.2, -0.15) is 0 Å². The van der Waals surface area contributed by atoms with Gasteiger partial charge in [0.2, 0.25) is 0 Å². The number of urea groups is 1. The fourth-order valence-corrected chi connectivity index (χ4v) is 5.00. The Morgan fingerprint density at radius 3 is 2.81 bits per heavy atom. The van der Waals surface area contributed by atoms with Gasteiger partial charge < -0.3 is 9.80 Å². The topological polar surface area (TPSA) is 57.6 Å². The van der Waals surface area contributed by atoms with Crippen LogP contribution in [0.1, 0.15) is 54.2 Å². The van der Waals surface area contributed by atoms with Crippen molar-refractivity contribution in [3.63, 3.8) is 0 Å². The number of carbonyl (C=O) groups excluding carboxylic acids is 2. The van der Waals surface area contributed by atoms with E-state index in [9.17, 15) is 9.59 Å². The fraction of sp³-hybridized carbons (Fsp3) is 0.524. The van der Waals surface area contributed by atoms with E-state index in [0.717, 1.165) is 35.7 Å². The maximum absolute atomic E-state index is 12.7. The zero-order chi connectivity index (χ0) is 19.1. The van der Waals surface area contributed by atoms with E-state index in [1.54, 1.807) is 9.58 Å². The van der Waals surface area contributed by atoms with Crippen LogP contribution in [-0.4, -0.2) is 59.5 Å². The number of carbonyl (C=O) groups is 2. The second-order valence-electron chi connectivity index (χ2n) is 7.65. The number of nitrogens with one attached hydrogen (secondary N) is 1. The Bertz CT molecular complexity index is 884. The van der Waals surface area contributed by atoms with Gasteiger partial charge in [0.05, 0.1) is 5.52 Å². The first-order valence-corrected chi connectivity index (χ1v) is 9.98. The highest BCUT2D eigenvalue weighted by Crippen LogP contribution is 2.44. The highest BCUT2D eigenvalue weighted by molar-refractivity contribution is 5.98. The first-order valence-electron chi connectivity index (χ1n) is 9.98. The molecule has 1 aliphatic carbocycles. The summed E-state index contributed by atoms with van der Waals surface area (Å²) in [7, 11) is 2.18. The average molecular weight is 368 g/mol. The van der Waals surface area contributed by atoms with Crippen LogP contribution < -0.4 is 5.43 Å². The minimum absolute atomic E-state index is 0.175. The minimum Gasteiger partial charge on any atom is -0.324 e. The van der Waals surface area contributed by atoms with Crippen LogP contribution in [0.2, 0.25) is 0 Å². The van der Waals surface area contributed by atoms with Gasteiger partial charge in [-0.25, -0.2) is 14.9 Å². The summed E-state index contributed by atoms with van der Waals surface area (Å²) in [6.07, 6.45) is 4.13. The number of aromatic nitrogens is 1. The molecular weight excluding hydrogens is 340 g/mol. The summed E-state index contributed by atoms with van der Waals surface area (Å²) in [4.78, 5) is 28.8. The molecule has 1 aliphatic heterocycles. The Kier molecular flexibility index (Phi) is 4.68. The van der Waals surface area contributed by atoms with Gasteiger partial charge in [-0.3, -0.25) is 4.79 Å². The van der Waals surface area contributed by atoms with Crippen molar-refractivity contribution in [1.29, 1.82) is 0 Å². The molecule has 2 amide bonds. The molecule has 0 bridgehead atoms. The summed E-state index contributed by atoms with van der Waals surface area (Å²) < 4.78 is 1.71. The second-order valence-corrected chi connectivity index (χ2v) is 7.65. The molecule has 6 heteroatoms. The number of piperidine rings is 1. The number of aldehydes is 1. The van der Waals surface area contributed by atoms with E-state index < -0.39 is 0 Å². The van der Waals surface area contributed by atoms with Crippen molar-refractivity contribution in [3.05, 3.63) is 35.0 Å². The normalized spacial score (nSPS) is 21.7. The molecule has 6 nitrogen and oxygen atoms in total. The summed E-state index contributed by atoms with van der Waals surface area (Å²) in [5.74, 6) is 0.494. The van der Waals surface area contributed by atoms with E-state index in [0.29, 0.717) is 30.7 Å². The lowest BCUT2D eigenvalue weighted by Crippen LogP contribution is -2.44. The van der Waals surface area contributed by atoms with E-state index in [1.807, 2.05) is 26.0 Å². The summed E-state index contributed by atoms with van der Waals surface area (Å²) in [6, 6.07) is 6.50. The molecule has 2 aliphatic rings. The van der Waals surface area contributed by atoms with Crippen LogP contribution in [0, 0.1) is 0 Å². The van der Waals surface area contributed by atoms with E-state index in [2.05, 4.69) is 23.4 Å². The van der Waals surface area contributed by atoms with Crippen molar-refractivity contribution in [2.75, 3.05) is 32.1 Å². The van der Waals surface area contributed by atoms with Crippen molar-refractivity contribution in [2.24, 2.45) is 0 Å². The predicted octanol–water partition coefficient (Wildman–Crippen LogP) is 3.19.